The van der Waals surface area contributed by atoms with E-state index in [-0.39, 0.29) is 5.75 Å². The molecular formula is C25H26N2O5S2. The van der Waals surface area contributed by atoms with E-state index in [0.29, 0.717) is 28.0 Å². The lowest BCUT2D eigenvalue weighted by Crippen LogP contribution is -2.35. The molecule has 2 atom stereocenters. The predicted molar refractivity (Wildman–Crippen MR) is 135 cm³/mol. The van der Waals surface area contributed by atoms with Crippen LogP contribution in [0.15, 0.2) is 53.5 Å². The van der Waals surface area contributed by atoms with Gasteiger partial charge in [-0.05, 0) is 43.2 Å². The number of esters is 2. The van der Waals surface area contributed by atoms with Crippen LogP contribution in [0.25, 0.3) is 10.2 Å². The van der Waals surface area contributed by atoms with Crippen LogP contribution in [0.3, 0.4) is 0 Å². The molecule has 1 unspecified atom stereocenters. The number of hydrogen-bond donors (Lipinski definition) is 1. The van der Waals surface area contributed by atoms with Gasteiger partial charge in [0.1, 0.15) is 21.6 Å². The van der Waals surface area contributed by atoms with Gasteiger partial charge in [0.25, 0.3) is 0 Å². The first-order valence-corrected chi connectivity index (χ1v) is 13.1. The summed E-state index contributed by atoms with van der Waals surface area (Å²) in [6, 6.07) is 13.1. The molecule has 2 heterocycles. The molecule has 0 saturated heterocycles. The lowest BCUT2D eigenvalue weighted by atomic mass is 10.1. The molecule has 0 saturated carbocycles. The number of unbranched alkanes of at least 4 members (excludes halogenated alkanes) is 3. The molecule has 4 rings (SSSR count). The molecule has 178 valence electrons. The van der Waals surface area contributed by atoms with Crippen LogP contribution >= 0.6 is 23.1 Å². The van der Waals surface area contributed by atoms with E-state index in [4.69, 9.17) is 9.47 Å². The Morgan fingerprint density at radius 3 is 2.76 bits per heavy atom. The van der Waals surface area contributed by atoms with E-state index in [0.717, 1.165) is 35.9 Å². The standard InChI is InChI=1S/C25H26N2O5S2/c1-2-3-4-8-11-20(25(30)31-17-9-6-5-7-10-17)32-24(29)19-15-33-22(27-19)23-26-18-13-12-16(28)14-21(18)34-23/h5-7,9-10,12-14,19-20,28H,2-4,8,11,15H2,1H3/t19-,20?/m1/s1. The van der Waals surface area contributed by atoms with Gasteiger partial charge in [0, 0.05) is 5.75 Å². The Morgan fingerprint density at radius 2 is 1.97 bits per heavy atom. The first kappa shape index (κ1) is 24.2. The average Bonchev–Trinajstić information content (AvgIpc) is 3.48. The van der Waals surface area contributed by atoms with Crippen LogP contribution in [0.5, 0.6) is 11.5 Å². The third kappa shape index (κ3) is 6.15. The second-order valence-electron chi connectivity index (χ2n) is 7.94. The molecule has 1 aliphatic rings. The second-order valence-corrected chi connectivity index (χ2v) is 9.98. The fraction of sp³-hybridized carbons (Fsp3) is 0.360. The largest absolute Gasteiger partial charge is 0.508 e. The number of phenolic OH excluding ortho intramolecular Hbond substituents is 1. The molecule has 1 N–H and O–H groups in total. The van der Waals surface area contributed by atoms with Gasteiger partial charge in [-0.2, -0.15) is 0 Å². The first-order valence-electron chi connectivity index (χ1n) is 11.3. The van der Waals surface area contributed by atoms with Crippen LogP contribution in [-0.2, 0) is 14.3 Å². The summed E-state index contributed by atoms with van der Waals surface area (Å²) in [7, 11) is 0. The number of thioether (sulfide) groups is 1. The molecule has 0 aliphatic carbocycles. The van der Waals surface area contributed by atoms with E-state index >= 15 is 0 Å². The van der Waals surface area contributed by atoms with Gasteiger partial charge in [-0.3, -0.25) is 4.99 Å². The van der Waals surface area contributed by atoms with Crippen molar-refractivity contribution in [3.63, 3.8) is 0 Å². The topological polar surface area (TPSA) is 98.1 Å². The number of carbonyl (C=O) groups is 2. The molecule has 1 aliphatic heterocycles. The minimum atomic E-state index is -0.973. The number of benzene rings is 2. The van der Waals surface area contributed by atoms with E-state index in [2.05, 4.69) is 16.9 Å². The number of thiazole rings is 1. The highest BCUT2D eigenvalue weighted by Gasteiger charge is 2.33. The van der Waals surface area contributed by atoms with E-state index in [1.807, 2.05) is 6.07 Å². The normalized spacial score (nSPS) is 16.3. The molecule has 0 spiro atoms. The van der Waals surface area contributed by atoms with E-state index in [9.17, 15) is 14.7 Å². The highest BCUT2D eigenvalue weighted by atomic mass is 32.2. The lowest BCUT2D eigenvalue weighted by Gasteiger charge is -2.18. The van der Waals surface area contributed by atoms with Crippen molar-refractivity contribution in [3.05, 3.63) is 53.5 Å². The summed E-state index contributed by atoms with van der Waals surface area (Å²) in [6.45, 7) is 2.11. The van der Waals surface area contributed by atoms with Crippen molar-refractivity contribution in [2.24, 2.45) is 4.99 Å². The highest BCUT2D eigenvalue weighted by molar-refractivity contribution is 8.15. The summed E-state index contributed by atoms with van der Waals surface area (Å²) in [5.41, 5.74) is 0.767. The zero-order valence-corrected chi connectivity index (χ0v) is 20.4. The van der Waals surface area contributed by atoms with E-state index in [1.54, 1.807) is 42.5 Å². The van der Waals surface area contributed by atoms with Crippen molar-refractivity contribution in [1.29, 1.82) is 0 Å². The van der Waals surface area contributed by atoms with E-state index in [1.165, 1.54) is 23.1 Å². The molecular weight excluding hydrogens is 472 g/mol. The van der Waals surface area contributed by atoms with Gasteiger partial charge >= 0.3 is 11.9 Å². The summed E-state index contributed by atoms with van der Waals surface area (Å²) in [4.78, 5) is 34.7. The van der Waals surface area contributed by atoms with Gasteiger partial charge in [0.2, 0.25) is 0 Å². The van der Waals surface area contributed by atoms with E-state index < -0.39 is 24.1 Å². The van der Waals surface area contributed by atoms with Crippen LogP contribution in [0.4, 0.5) is 0 Å². The number of carbonyl (C=O) groups excluding carboxylic acids is 2. The van der Waals surface area contributed by atoms with Crippen LogP contribution < -0.4 is 4.74 Å². The fourth-order valence-electron chi connectivity index (χ4n) is 3.49. The summed E-state index contributed by atoms with van der Waals surface area (Å²) < 4.78 is 11.9. The van der Waals surface area contributed by atoms with Gasteiger partial charge in [0.15, 0.2) is 12.1 Å². The second kappa shape index (κ2) is 11.5. The summed E-state index contributed by atoms with van der Waals surface area (Å²) >= 11 is 2.84. The van der Waals surface area contributed by atoms with Crippen molar-refractivity contribution in [3.8, 4) is 11.5 Å². The van der Waals surface area contributed by atoms with Crippen LogP contribution in [0.2, 0.25) is 0 Å². The quantitative estimate of drug-likeness (QED) is 0.228. The predicted octanol–water partition coefficient (Wildman–Crippen LogP) is 5.35. The maximum Gasteiger partial charge on any atom is 0.352 e. The summed E-state index contributed by atoms with van der Waals surface area (Å²) in [5, 5.41) is 11.0. The number of para-hydroxylation sites is 1. The fourth-order valence-corrected chi connectivity index (χ4v) is 5.58. The average molecular weight is 499 g/mol. The van der Waals surface area contributed by atoms with Crippen LogP contribution in [-0.4, -0.2) is 45.0 Å². The molecule has 9 heteroatoms. The lowest BCUT2D eigenvalue weighted by molar-refractivity contribution is -0.163. The van der Waals surface area contributed by atoms with Crippen molar-refractivity contribution in [2.45, 2.75) is 51.2 Å². The molecule has 0 amide bonds. The number of phenols is 1. The SMILES string of the molecule is CCCCCCC(OC(=O)[C@H]1CSC(c2nc3ccc(O)cc3s2)=N1)C(=O)Oc1ccccc1. The number of aromatic nitrogens is 1. The van der Waals surface area contributed by atoms with Gasteiger partial charge in [-0.15, -0.1) is 23.1 Å². The summed E-state index contributed by atoms with van der Waals surface area (Å²) in [6.07, 6.45) is 3.29. The molecule has 1 aromatic heterocycles. The number of aromatic hydroxyl groups is 1. The molecule has 2 aromatic carbocycles. The number of rotatable bonds is 10. The number of hydrogen-bond acceptors (Lipinski definition) is 9. The zero-order chi connectivity index (χ0) is 23.9. The van der Waals surface area contributed by atoms with Gasteiger partial charge < -0.3 is 14.6 Å². The third-order valence-corrected chi connectivity index (χ3v) is 7.49. The smallest absolute Gasteiger partial charge is 0.352 e. The van der Waals surface area contributed by atoms with Gasteiger partial charge in [-0.25, -0.2) is 14.6 Å². The van der Waals surface area contributed by atoms with Gasteiger partial charge in [0.05, 0.1) is 10.2 Å². The molecule has 0 bridgehead atoms. The molecule has 0 radical (unpaired) electrons. The highest BCUT2D eigenvalue weighted by Crippen LogP contribution is 2.31. The Labute approximate surface area is 206 Å². The minimum Gasteiger partial charge on any atom is -0.508 e. The Balaban J connectivity index is 1.43. The minimum absolute atomic E-state index is 0.178. The number of aliphatic imine (C=N–C) groups is 1. The van der Waals surface area contributed by atoms with Crippen LogP contribution in [0.1, 0.15) is 44.0 Å². The maximum atomic E-state index is 12.9. The van der Waals surface area contributed by atoms with Gasteiger partial charge in [-0.1, -0.05) is 44.4 Å². The maximum absolute atomic E-state index is 12.9. The molecule has 0 fully saturated rings. The Morgan fingerprint density at radius 1 is 1.15 bits per heavy atom. The first-order chi connectivity index (χ1) is 16.5. The molecule has 34 heavy (non-hydrogen) atoms. The number of nitrogens with zero attached hydrogens (tertiary/aromatic N) is 2. The third-order valence-electron chi connectivity index (χ3n) is 5.28. The van der Waals surface area contributed by atoms with Crippen molar-refractivity contribution < 1.29 is 24.2 Å². The van der Waals surface area contributed by atoms with Crippen molar-refractivity contribution in [2.75, 3.05) is 5.75 Å². The molecule has 7 nitrogen and oxygen atoms in total. The number of fused-ring (bicyclic) bond motifs is 1. The Kier molecular flexibility index (Phi) is 8.18. The van der Waals surface area contributed by atoms with Crippen LogP contribution in [0, 0.1) is 0 Å². The Hall–Kier alpha value is -2.91. The number of ether oxygens (including phenoxy) is 2. The molecule has 3 aromatic rings. The zero-order valence-electron chi connectivity index (χ0n) is 18.8. The monoisotopic (exact) mass is 498 g/mol. The van der Waals surface area contributed by atoms with Crippen molar-refractivity contribution in [1.82, 2.24) is 4.98 Å². The summed E-state index contributed by atoms with van der Waals surface area (Å²) in [5.74, 6) is -0.0899. The van der Waals surface area contributed by atoms with Crippen molar-refractivity contribution >= 4 is 50.3 Å². The Bertz CT molecular complexity index is 1180.